The van der Waals surface area contributed by atoms with Crippen molar-refractivity contribution in [2.45, 2.75) is 29.7 Å². The van der Waals surface area contributed by atoms with E-state index in [-0.39, 0.29) is 0 Å². The molecule has 1 aliphatic rings. The molecule has 0 bridgehead atoms. The molecule has 0 amide bonds. The molecular formula is C15H18Cl3NO3. The summed E-state index contributed by atoms with van der Waals surface area (Å²) in [6, 6.07) is 7.60. The second-order valence-electron chi connectivity index (χ2n) is 5.14. The Bertz CT molecular complexity index is 539. The number of hydrogen-bond donors (Lipinski definition) is 0. The average Bonchev–Trinajstić information content (AvgIpc) is 3.22. The first kappa shape index (κ1) is 17.7. The summed E-state index contributed by atoms with van der Waals surface area (Å²) in [6.45, 7) is 5.13. The van der Waals surface area contributed by atoms with Crippen LogP contribution in [0.15, 0.2) is 29.4 Å². The highest BCUT2D eigenvalue weighted by atomic mass is 35.6. The van der Waals surface area contributed by atoms with E-state index in [1.807, 2.05) is 38.1 Å². The molecule has 0 aliphatic carbocycles. The van der Waals surface area contributed by atoms with E-state index in [1.165, 1.54) is 0 Å². The molecule has 1 atom stereocenters. The van der Waals surface area contributed by atoms with Crippen LogP contribution < -0.4 is 4.74 Å². The first-order valence-corrected chi connectivity index (χ1v) is 8.07. The summed E-state index contributed by atoms with van der Waals surface area (Å²) in [7, 11) is 0. The van der Waals surface area contributed by atoms with Crippen LogP contribution in [-0.2, 0) is 15.2 Å². The van der Waals surface area contributed by atoms with E-state index in [0.29, 0.717) is 32.0 Å². The molecule has 0 N–H and O–H groups in total. The normalized spacial score (nSPS) is 21.6. The lowest BCUT2D eigenvalue weighted by Gasteiger charge is -2.18. The predicted molar refractivity (Wildman–Crippen MR) is 89.2 cm³/mol. The van der Waals surface area contributed by atoms with E-state index in [2.05, 4.69) is 5.16 Å². The molecule has 7 heteroatoms. The van der Waals surface area contributed by atoms with Crippen molar-refractivity contribution in [3.63, 3.8) is 0 Å². The number of rotatable bonds is 7. The van der Waals surface area contributed by atoms with Gasteiger partial charge in [0.15, 0.2) is 3.79 Å². The van der Waals surface area contributed by atoms with Gasteiger partial charge in [0.25, 0.3) is 0 Å². The number of hydrogen-bond acceptors (Lipinski definition) is 4. The zero-order valence-electron chi connectivity index (χ0n) is 12.4. The van der Waals surface area contributed by atoms with Gasteiger partial charge in [0.1, 0.15) is 24.6 Å². The topological polar surface area (TPSA) is 43.4 Å². The van der Waals surface area contributed by atoms with E-state index < -0.39 is 9.39 Å². The van der Waals surface area contributed by atoms with E-state index in [4.69, 9.17) is 49.1 Å². The van der Waals surface area contributed by atoms with Crippen LogP contribution in [-0.4, -0.2) is 29.3 Å². The van der Waals surface area contributed by atoms with Crippen molar-refractivity contribution in [3.05, 3.63) is 29.8 Å². The minimum Gasteiger partial charge on any atom is -0.488 e. The summed E-state index contributed by atoms with van der Waals surface area (Å²) in [6.07, 6.45) is 0.305. The molecule has 122 valence electrons. The highest BCUT2D eigenvalue weighted by Crippen LogP contribution is 2.50. The second kappa shape index (κ2) is 7.26. The molecule has 1 saturated heterocycles. The van der Waals surface area contributed by atoms with Gasteiger partial charge in [-0.3, -0.25) is 0 Å². The molecule has 0 saturated carbocycles. The Labute approximate surface area is 145 Å². The number of ether oxygens (including phenoxy) is 2. The van der Waals surface area contributed by atoms with Gasteiger partial charge >= 0.3 is 0 Å². The monoisotopic (exact) mass is 365 g/mol. The van der Waals surface area contributed by atoms with Crippen molar-refractivity contribution in [2.75, 3.05) is 19.8 Å². The van der Waals surface area contributed by atoms with E-state index in [9.17, 15) is 0 Å². The Morgan fingerprint density at radius 1 is 1.41 bits per heavy atom. The van der Waals surface area contributed by atoms with Crippen LogP contribution >= 0.6 is 34.8 Å². The summed E-state index contributed by atoms with van der Waals surface area (Å²) in [5.74, 6) is 0.711. The largest absolute Gasteiger partial charge is 0.488 e. The van der Waals surface area contributed by atoms with Crippen molar-refractivity contribution >= 4 is 40.5 Å². The fourth-order valence-corrected chi connectivity index (χ4v) is 2.69. The quantitative estimate of drug-likeness (QED) is 0.310. The maximum atomic E-state index is 5.89. The van der Waals surface area contributed by atoms with Crippen molar-refractivity contribution in [1.29, 1.82) is 0 Å². The molecule has 4 nitrogen and oxygen atoms in total. The van der Waals surface area contributed by atoms with E-state index in [0.717, 1.165) is 11.3 Å². The fraction of sp³-hybridized carbons (Fsp3) is 0.533. The smallest absolute Gasteiger partial charge is 0.193 e. The summed E-state index contributed by atoms with van der Waals surface area (Å²) in [5.41, 5.74) is 1.17. The van der Waals surface area contributed by atoms with Crippen molar-refractivity contribution in [1.82, 2.24) is 0 Å². The molecule has 0 spiro atoms. The summed E-state index contributed by atoms with van der Waals surface area (Å²) in [5, 5.41) is 3.90. The number of halogens is 3. The number of epoxide rings is 1. The number of oxime groups is 1. The van der Waals surface area contributed by atoms with Crippen LogP contribution in [0.25, 0.3) is 0 Å². The third-order valence-corrected chi connectivity index (χ3v) is 3.54. The fourth-order valence-electron chi connectivity index (χ4n) is 2.04. The van der Waals surface area contributed by atoms with Gasteiger partial charge in [-0.05, 0) is 31.5 Å². The van der Waals surface area contributed by atoms with Gasteiger partial charge in [-0.25, -0.2) is 0 Å². The Morgan fingerprint density at radius 2 is 2.14 bits per heavy atom. The molecule has 0 radical (unpaired) electrons. The first-order chi connectivity index (χ1) is 10.3. The van der Waals surface area contributed by atoms with Gasteiger partial charge in [0.05, 0.1) is 12.3 Å². The molecule has 22 heavy (non-hydrogen) atoms. The van der Waals surface area contributed by atoms with Crippen molar-refractivity contribution in [2.24, 2.45) is 5.16 Å². The van der Waals surface area contributed by atoms with Crippen LogP contribution in [0.5, 0.6) is 5.75 Å². The second-order valence-corrected chi connectivity index (χ2v) is 7.65. The highest BCUT2D eigenvalue weighted by molar-refractivity contribution is 6.67. The maximum Gasteiger partial charge on any atom is 0.193 e. The average molecular weight is 367 g/mol. The molecular weight excluding hydrogens is 349 g/mol. The summed E-state index contributed by atoms with van der Waals surface area (Å²) >= 11 is 17.7. The van der Waals surface area contributed by atoms with Crippen LogP contribution in [0.1, 0.15) is 25.8 Å². The predicted octanol–water partition coefficient (Wildman–Crippen LogP) is 4.46. The van der Waals surface area contributed by atoms with Gasteiger partial charge in [-0.15, -0.1) is 0 Å². The summed E-state index contributed by atoms with van der Waals surface area (Å²) < 4.78 is 9.88. The summed E-state index contributed by atoms with van der Waals surface area (Å²) in [4.78, 5) is 4.97. The lowest BCUT2D eigenvalue weighted by molar-refractivity contribution is 0.156. The van der Waals surface area contributed by atoms with E-state index in [1.54, 1.807) is 0 Å². The lowest BCUT2D eigenvalue weighted by Crippen LogP contribution is -2.18. The molecule has 1 aliphatic heterocycles. The Kier molecular flexibility index (Phi) is 5.83. The molecule has 1 unspecified atom stereocenters. The van der Waals surface area contributed by atoms with Crippen LogP contribution in [0, 0.1) is 0 Å². The molecule has 2 rings (SSSR count). The van der Waals surface area contributed by atoms with Gasteiger partial charge in [0.2, 0.25) is 0 Å². The molecule has 0 aromatic heterocycles. The van der Waals surface area contributed by atoms with Crippen LogP contribution in [0.2, 0.25) is 0 Å². The Morgan fingerprint density at radius 3 is 2.73 bits per heavy atom. The number of benzene rings is 1. The maximum absolute atomic E-state index is 5.89. The lowest BCUT2D eigenvalue weighted by atomic mass is 9.97. The van der Waals surface area contributed by atoms with Crippen molar-refractivity contribution < 1.29 is 14.3 Å². The van der Waals surface area contributed by atoms with E-state index >= 15 is 0 Å². The third kappa shape index (κ3) is 5.20. The minimum atomic E-state index is -1.35. The number of alkyl halides is 3. The first-order valence-electron chi connectivity index (χ1n) is 6.94. The van der Waals surface area contributed by atoms with Gasteiger partial charge in [-0.1, -0.05) is 52.1 Å². The Hall–Kier alpha value is -0.680. The number of nitrogens with zero attached hydrogens (tertiary/aromatic N) is 1. The van der Waals surface area contributed by atoms with Crippen LogP contribution in [0.4, 0.5) is 0 Å². The van der Waals surface area contributed by atoms with Crippen LogP contribution in [0.3, 0.4) is 0 Å². The third-order valence-electron chi connectivity index (χ3n) is 3.14. The minimum absolute atomic E-state index is 0.305. The van der Waals surface area contributed by atoms with Gasteiger partial charge in [-0.2, -0.15) is 0 Å². The molecule has 1 aromatic carbocycles. The van der Waals surface area contributed by atoms with Gasteiger partial charge < -0.3 is 14.3 Å². The molecule has 1 fully saturated rings. The SMILES string of the molecule is CCON=C(C)COc1cccc(C2(CC(Cl)(Cl)Cl)CO2)c1. The van der Waals surface area contributed by atoms with Gasteiger partial charge in [0, 0.05) is 6.42 Å². The molecule has 1 heterocycles. The zero-order valence-corrected chi connectivity index (χ0v) is 14.7. The highest BCUT2D eigenvalue weighted by Gasteiger charge is 2.51. The Balaban J connectivity index is 2.02. The standard InChI is InChI=1S/C15H18Cl3NO3/c1-3-22-19-11(2)8-20-13-6-4-5-12(7-13)14(10-21-14)9-15(16,17)18/h4-7H,3,8-10H2,1-2H3. The zero-order chi connectivity index (χ0) is 16.2. The molecule has 1 aromatic rings. The van der Waals surface area contributed by atoms with Crippen molar-refractivity contribution in [3.8, 4) is 5.75 Å².